The van der Waals surface area contributed by atoms with E-state index in [9.17, 15) is 0 Å². The van der Waals surface area contributed by atoms with Gasteiger partial charge < -0.3 is 15.4 Å². The molecule has 6 nitrogen and oxygen atoms in total. The van der Waals surface area contributed by atoms with Crippen molar-refractivity contribution in [2.24, 2.45) is 0 Å². The van der Waals surface area contributed by atoms with Crippen LogP contribution in [0.1, 0.15) is 0 Å². The van der Waals surface area contributed by atoms with Crippen LogP contribution in [0.25, 0.3) is 22.4 Å². The van der Waals surface area contributed by atoms with Gasteiger partial charge in [-0.25, -0.2) is 15.0 Å². The molecule has 0 radical (unpaired) electrons. The Labute approximate surface area is 109 Å². The summed E-state index contributed by atoms with van der Waals surface area (Å²) in [6, 6.07) is 5.62. The molecule has 3 aromatic heterocycles. The highest BCUT2D eigenvalue weighted by Crippen LogP contribution is 2.26. The number of fused-ring (bicyclic) bond motifs is 1. The molecule has 3 heterocycles. The summed E-state index contributed by atoms with van der Waals surface area (Å²) in [5, 5.41) is 12.9. The molecule has 0 saturated carbocycles. The maximum atomic E-state index is 8.86. The fourth-order valence-electron chi connectivity index (χ4n) is 1.94. The van der Waals surface area contributed by atoms with Crippen molar-refractivity contribution in [3.8, 4) is 11.4 Å². The number of pyridine rings is 1. The predicted molar refractivity (Wildman–Crippen MR) is 72.7 cm³/mol. The van der Waals surface area contributed by atoms with Gasteiger partial charge in [0.2, 0.25) is 0 Å². The van der Waals surface area contributed by atoms with E-state index in [0.717, 1.165) is 16.6 Å². The Balaban J connectivity index is 2.13. The number of hydrogen-bond donors (Lipinski definition) is 3. The van der Waals surface area contributed by atoms with Gasteiger partial charge in [0.05, 0.1) is 6.61 Å². The maximum absolute atomic E-state index is 8.86. The fraction of sp³-hybridized carbons (Fsp3) is 0.154. The van der Waals surface area contributed by atoms with Crippen molar-refractivity contribution < 1.29 is 5.11 Å². The first kappa shape index (κ1) is 11.6. The van der Waals surface area contributed by atoms with Crippen LogP contribution in [0.3, 0.4) is 0 Å². The third-order valence-electron chi connectivity index (χ3n) is 2.75. The fourth-order valence-corrected chi connectivity index (χ4v) is 1.94. The number of H-pyrrole nitrogens is 1. The van der Waals surface area contributed by atoms with E-state index in [4.69, 9.17) is 5.11 Å². The second kappa shape index (κ2) is 5.03. The Morgan fingerprint density at radius 2 is 2.11 bits per heavy atom. The zero-order valence-corrected chi connectivity index (χ0v) is 10.2. The average molecular weight is 255 g/mol. The van der Waals surface area contributed by atoms with E-state index in [2.05, 4.69) is 25.3 Å². The van der Waals surface area contributed by atoms with Crippen LogP contribution in [0.2, 0.25) is 0 Å². The van der Waals surface area contributed by atoms with Gasteiger partial charge in [0, 0.05) is 36.1 Å². The summed E-state index contributed by atoms with van der Waals surface area (Å²) >= 11 is 0. The van der Waals surface area contributed by atoms with Crippen molar-refractivity contribution in [1.82, 2.24) is 19.9 Å². The van der Waals surface area contributed by atoms with Crippen LogP contribution in [0.4, 0.5) is 5.82 Å². The first-order chi connectivity index (χ1) is 9.38. The minimum atomic E-state index is 0.0572. The molecule has 0 saturated heterocycles. The second-order valence-corrected chi connectivity index (χ2v) is 4.02. The van der Waals surface area contributed by atoms with E-state index in [1.807, 2.05) is 18.3 Å². The third kappa shape index (κ3) is 2.25. The summed E-state index contributed by atoms with van der Waals surface area (Å²) in [6.07, 6.45) is 5.25. The number of rotatable bonds is 4. The number of anilines is 1. The first-order valence-corrected chi connectivity index (χ1v) is 5.99. The molecule has 3 aromatic rings. The van der Waals surface area contributed by atoms with Crippen LogP contribution in [-0.4, -0.2) is 38.2 Å². The zero-order valence-electron chi connectivity index (χ0n) is 10.2. The van der Waals surface area contributed by atoms with E-state index in [1.165, 1.54) is 0 Å². The SMILES string of the molecule is OCCNc1cc(-c2ncccn2)c2cc[nH]c2n1. The lowest BCUT2D eigenvalue weighted by Gasteiger charge is -2.07. The molecule has 3 N–H and O–H groups in total. The summed E-state index contributed by atoms with van der Waals surface area (Å²) in [4.78, 5) is 16.0. The molecule has 0 atom stereocenters. The van der Waals surface area contributed by atoms with E-state index in [-0.39, 0.29) is 6.61 Å². The van der Waals surface area contributed by atoms with E-state index in [0.29, 0.717) is 18.2 Å². The highest BCUT2D eigenvalue weighted by Gasteiger charge is 2.10. The molecule has 0 spiro atoms. The molecule has 96 valence electrons. The van der Waals surface area contributed by atoms with Crippen molar-refractivity contribution in [3.05, 3.63) is 36.8 Å². The number of aliphatic hydroxyl groups is 1. The molecular weight excluding hydrogens is 242 g/mol. The van der Waals surface area contributed by atoms with Gasteiger partial charge in [-0.1, -0.05) is 0 Å². The summed E-state index contributed by atoms with van der Waals surface area (Å²) < 4.78 is 0. The standard InChI is InChI=1S/C13H13N5O/c19-7-6-14-11-8-10(12-15-3-1-4-16-12)9-2-5-17-13(9)18-11/h1-5,8,19H,6-7H2,(H2,14,17,18). The van der Waals surface area contributed by atoms with Crippen LogP contribution in [0.15, 0.2) is 36.8 Å². The Morgan fingerprint density at radius 3 is 2.89 bits per heavy atom. The van der Waals surface area contributed by atoms with Crippen molar-refractivity contribution in [2.75, 3.05) is 18.5 Å². The lowest BCUT2D eigenvalue weighted by Crippen LogP contribution is -2.07. The molecule has 0 amide bonds. The van der Waals surface area contributed by atoms with E-state index in [1.54, 1.807) is 18.5 Å². The van der Waals surface area contributed by atoms with E-state index >= 15 is 0 Å². The molecule has 0 aliphatic carbocycles. The van der Waals surface area contributed by atoms with E-state index < -0.39 is 0 Å². The third-order valence-corrected chi connectivity index (χ3v) is 2.75. The number of hydrogen-bond acceptors (Lipinski definition) is 5. The normalized spacial score (nSPS) is 10.8. The molecule has 0 aromatic carbocycles. The van der Waals surface area contributed by atoms with Crippen LogP contribution >= 0.6 is 0 Å². The quantitative estimate of drug-likeness (QED) is 0.656. The monoisotopic (exact) mass is 255 g/mol. The van der Waals surface area contributed by atoms with Gasteiger partial charge in [-0.15, -0.1) is 0 Å². The Morgan fingerprint density at radius 1 is 1.26 bits per heavy atom. The molecule has 3 rings (SSSR count). The summed E-state index contributed by atoms with van der Waals surface area (Å²) in [5.41, 5.74) is 1.68. The van der Waals surface area contributed by atoms with Crippen LogP contribution < -0.4 is 5.32 Å². The maximum Gasteiger partial charge on any atom is 0.159 e. The van der Waals surface area contributed by atoms with Gasteiger partial charge in [0.15, 0.2) is 5.82 Å². The molecule has 19 heavy (non-hydrogen) atoms. The topological polar surface area (TPSA) is 86.7 Å². The van der Waals surface area contributed by atoms with Crippen LogP contribution in [0.5, 0.6) is 0 Å². The minimum Gasteiger partial charge on any atom is -0.395 e. The second-order valence-electron chi connectivity index (χ2n) is 4.02. The molecule has 0 fully saturated rings. The Kier molecular flexibility index (Phi) is 3.07. The van der Waals surface area contributed by atoms with Gasteiger partial charge in [0.25, 0.3) is 0 Å². The molecular formula is C13H13N5O. The smallest absolute Gasteiger partial charge is 0.159 e. The number of nitrogens with zero attached hydrogens (tertiary/aromatic N) is 3. The summed E-state index contributed by atoms with van der Waals surface area (Å²) in [7, 11) is 0. The highest BCUT2D eigenvalue weighted by atomic mass is 16.3. The Hall–Kier alpha value is -2.47. The number of aliphatic hydroxyl groups excluding tert-OH is 1. The van der Waals surface area contributed by atoms with Crippen LogP contribution in [0, 0.1) is 0 Å². The molecule has 0 unspecified atom stereocenters. The Bertz CT molecular complexity index is 680. The average Bonchev–Trinajstić information content (AvgIpc) is 2.93. The molecule has 6 heteroatoms. The highest BCUT2D eigenvalue weighted by molar-refractivity contribution is 5.92. The lowest BCUT2D eigenvalue weighted by molar-refractivity contribution is 0.311. The molecule has 0 aliphatic rings. The zero-order chi connectivity index (χ0) is 13.1. The van der Waals surface area contributed by atoms with Crippen molar-refractivity contribution in [3.63, 3.8) is 0 Å². The largest absolute Gasteiger partial charge is 0.395 e. The lowest BCUT2D eigenvalue weighted by atomic mass is 10.1. The number of nitrogens with one attached hydrogen (secondary N) is 2. The molecule has 0 aliphatic heterocycles. The first-order valence-electron chi connectivity index (χ1n) is 5.99. The van der Waals surface area contributed by atoms with Crippen molar-refractivity contribution in [2.45, 2.75) is 0 Å². The summed E-state index contributed by atoms with van der Waals surface area (Å²) in [6.45, 7) is 0.510. The van der Waals surface area contributed by atoms with Gasteiger partial charge in [0.1, 0.15) is 11.5 Å². The van der Waals surface area contributed by atoms with Crippen LogP contribution in [-0.2, 0) is 0 Å². The van der Waals surface area contributed by atoms with Gasteiger partial charge >= 0.3 is 0 Å². The molecule has 0 bridgehead atoms. The van der Waals surface area contributed by atoms with Crippen molar-refractivity contribution in [1.29, 1.82) is 0 Å². The van der Waals surface area contributed by atoms with Gasteiger partial charge in [-0.2, -0.15) is 0 Å². The van der Waals surface area contributed by atoms with Crippen molar-refractivity contribution >= 4 is 16.9 Å². The van der Waals surface area contributed by atoms with Gasteiger partial charge in [-0.05, 0) is 18.2 Å². The predicted octanol–water partition coefficient (Wildman–Crippen LogP) is 1.42. The number of aromatic amines is 1. The van der Waals surface area contributed by atoms with Gasteiger partial charge in [-0.3, -0.25) is 0 Å². The number of aromatic nitrogens is 4. The minimum absolute atomic E-state index is 0.0572. The summed E-state index contributed by atoms with van der Waals surface area (Å²) in [5.74, 6) is 1.34.